The molecule has 1 aliphatic rings. The Kier molecular flexibility index (Phi) is 5.44. The summed E-state index contributed by atoms with van der Waals surface area (Å²) >= 11 is 0. The number of ether oxygens (including phenoxy) is 1. The van der Waals surface area contributed by atoms with Crippen LogP contribution in [0.15, 0.2) is 24.3 Å². The van der Waals surface area contributed by atoms with E-state index in [-0.39, 0.29) is 0 Å². The number of rotatable bonds is 6. The molecule has 0 spiro atoms. The fourth-order valence-corrected chi connectivity index (χ4v) is 3.26. The van der Waals surface area contributed by atoms with Gasteiger partial charge in [0.25, 0.3) is 0 Å². The highest BCUT2D eigenvalue weighted by molar-refractivity contribution is 5.31. The van der Waals surface area contributed by atoms with Crippen LogP contribution >= 0.6 is 0 Å². The van der Waals surface area contributed by atoms with Crippen molar-refractivity contribution >= 4 is 0 Å². The molecule has 0 aliphatic carbocycles. The van der Waals surface area contributed by atoms with Crippen molar-refractivity contribution in [3.8, 4) is 5.75 Å². The molecule has 0 saturated carbocycles. The first kappa shape index (κ1) is 15.3. The van der Waals surface area contributed by atoms with Gasteiger partial charge in [-0.1, -0.05) is 26.0 Å². The second-order valence-electron chi connectivity index (χ2n) is 6.06. The molecule has 112 valence electrons. The third-order valence-electron chi connectivity index (χ3n) is 4.17. The number of nitrogens with zero attached hydrogens (tertiary/aromatic N) is 1. The molecule has 3 nitrogen and oxygen atoms in total. The summed E-state index contributed by atoms with van der Waals surface area (Å²) in [7, 11) is 0. The third kappa shape index (κ3) is 3.53. The molecule has 1 saturated heterocycles. The van der Waals surface area contributed by atoms with E-state index >= 15 is 0 Å². The first-order valence-electron chi connectivity index (χ1n) is 7.84. The van der Waals surface area contributed by atoms with Crippen LogP contribution in [-0.4, -0.2) is 30.6 Å². The average molecular weight is 276 g/mol. The van der Waals surface area contributed by atoms with Gasteiger partial charge in [-0.3, -0.25) is 4.90 Å². The topological polar surface area (TPSA) is 38.5 Å². The molecule has 3 atom stereocenters. The van der Waals surface area contributed by atoms with Gasteiger partial charge in [0.15, 0.2) is 0 Å². The largest absolute Gasteiger partial charge is 0.494 e. The van der Waals surface area contributed by atoms with Crippen molar-refractivity contribution in [2.45, 2.75) is 45.7 Å². The molecule has 1 heterocycles. The monoisotopic (exact) mass is 276 g/mol. The molecule has 1 aromatic rings. The van der Waals surface area contributed by atoms with E-state index in [9.17, 15) is 0 Å². The van der Waals surface area contributed by atoms with Gasteiger partial charge < -0.3 is 10.5 Å². The number of hydrogen-bond acceptors (Lipinski definition) is 3. The maximum absolute atomic E-state index is 6.06. The second kappa shape index (κ2) is 7.09. The zero-order valence-corrected chi connectivity index (χ0v) is 13.0. The quantitative estimate of drug-likeness (QED) is 0.867. The Balaban J connectivity index is 2.14. The van der Waals surface area contributed by atoms with Gasteiger partial charge in [-0.05, 0) is 43.4 Å². The van der Waals surface area contributed by atoms with Crippen molar-refractivity contribution in [1.82, 2.24) is 4.90 Å². The van der Waals surface area contributed by atoms with Crippen molar-refractivity contribution in [2.24, 2.45) is 11.7 Å². The van der Waals surface area contributed by atoms with Crippen LogP contribution in [0, 0.1) is 5.92 Å². The highest BCUT2D eigenvalue weighted by Gasteiger charge is 2.31. The van der Waals surface area contributed by atoms with E-state index < -0.39 is 0 Å². The van der Waals surface area contributed by atoms with Gasteiger partial charge in [0.1, 0.15) is 5.75 Å². The van der Waals surface area contributed by atoms with E-state index in [0.29, 0.717) is 18.6 Å². The normalized spacial score (nSPS) is 24.8. The fraction of sp³-hybridized carbons (Fsp3) is 0.647. The SMILES string of the molecule is CCCOc1cccc(C(CN)N2CC(C)CC2C)c1. The maximum atomic E-state index is 6.06. The molecule has 2 N–H and O–H groups in total. The van der Waals surface area contributed by atoms with Crippen LogP contribution < -0.4 is 10.5 Å². The summed E-state index contributed by atoms with van der Waals surface area (Å²) in [4.78, 5) is 2.55. The molecule has 1 fully saturated rings. The molecular formula is C17H28N2O. The third-order valence-corrected chi connectivity index (χ3v) is 4.17. The lowest BCUT2D eigenvalue weighted by Crippen LogP contribution is -2.36. The molecule has 0 bridgehead atoms. The zero-order chi connectivity index (χ0) is 14.5. The summed E-state index contributed by atoms with van der Waals surface area (Å²) in [6, 6.07) is 9.35. The van der Waals surface area contributed by atoms with Crippen LogP contribution in [-0.2, 0) is 0 Å². The van der Waals surface area contributed by atoms with Gasteiger partial charge in [-0.15, -0.1) is 0 Å². The molecule has 3 heteroatoms. The van der Waals surface area contributed by atoms with Crippen LogP contribution in [0.5, 0.6) is 5.75 Å². The number of benzene rings is 1. The molecule has 0 radical (unpaired) electrons. The minimum Gasteiger partial charge on any atom is -0.494 e. The Morgan fingerprint density at radius 2 is 2.20 bits per heavy atom. The highest BCUT2D eigenvalue weighted by Crippen LogP contribution is 2.32. The summed E-state index contributed by atoms with van der Waals surface area (Å²) in [5.41, 5.74) is 7.34. The van der Waals surface area contributed by atoms with Crippen LogP contribution in [0.2, 0.25) is 0 Å². The van der Waals surface area contributed by atoms with Gasteiger partial charge in [-0.25, -0.2) is 0 Å². The van der Waals surface area contributed by atoms with E-state index in [1.54, 1.807) is 0 Å². The van der Waals surface area contributed by atoms with E-state index in [4.69, 9.17) is 10.5 Å². The van der Waals surface area contributed by atoms with Crippen molar-refractivity contribution in [3.05, 3.63) is 29.8 Å². The molecular weight excluding hydrogens is 248 g/mol. The predicted molar refractivity (Wildman–Crippen MR) is 84.0 cm³/mol. The number of hydrogen-bond donors (Lipinski definition) is 1. The average Bonchev–Trinajstić information content (AvgIpc) is 2.77. The van der Waals surface area contributed by atoms with Crippen molar-refractivity contribution < 1.29 is 4.74 Å². The lowest BCUT2D eigenvalue weighted by atomic mass is 10.0. The minimum absolute atomic E-state index is 0.306. The highest BCUT2D eigenvalue weighted by atomic mass is 16.5. The summed E-state index contributed by atoms with van der Waals surface area (Å²) in [6.07, 6.45) is 2.30. The Morgan fingerprint density at radius 3 is 2.80 bits per heavy atom. The Bertz CT molecular complexity index is 421. The lowest BCUT2D eigenvalue weighted by molar-refractivity contribution is 0.192. The summed E-state index contributed by atoms with van der Waals surface area (Å²) < 4.78 is 5.74. The molecule has 3 unspecified atom stereocenters. The second-order valence-corrected chi connectivity index (χ2v) is 6.06. The van der Waals surface area contributed by atoms with E-state index in [1.165, 1.54) is 12.0 Å². The predicted octanol–water partition coefficient (Wildman–Crippen LogP) is 3.21. The zero-order valence-electron chi connectivity index (χ0n) is 13.0. The summed E-state index contributed by atoms with van der Waals surface area (Å²) in [5.74, 6) is 1.72. The van der Waals surface area contributed by atoms with Crippen molar-refractivity contribution in [3.63, 3.8) is 0 Å². The van der Waals surface area contributed by atoms with Crippen LogP contribution in [0.4, 0.5) is 0 Å². The van der Waals surface area contributed by atoms with Crippen LogP contribution in [0.3, 0.4) is 0 Å². The van der Waals surface area contributed by atoms with E-state index in [2.05, 4.69) is 43.9 Å². The van der Waals surface area contributed by atoms with Crippen molar-refractivity contribution in [2.75, 3.05) is 19.7 Å². The lowest BCUT2D eigenvalue weighted by Gasteiger charge is -2.31. The van der Waals surface area contributed by atoms with Gasteiger partial charge in [-0.2, -0.15) is 0 Å². The van der Waals surface area contributed by atoms with E-state index in [0.717, 1.165) is 31.2 Å². The molecule has 2 rings (SSSR count). The minimum atomic E-state index is 0.306. The Labute approximate surface area is 123 Å². The first-order valence-corrected chi connectivity index (χ1v) is 7.84. The maximum Gasteiger partial charge on any atom is 0.119 e. The molecule has 1 aromatic carbocycles. The number of nitrogens with two attached hydrogens (primary N) is 1. The van der Waals surface area contributed by atoms with Gasteiger partial charge in [0.2, 0.25) is 0 Å². The molecule has 1 aliphatic heterocycles. The molecule has 20 heavy (non-hydrogen) atoms. The Hall–Kier alpha value is -1.06. The number of likely N-dealkylation sites (tertiary alicyclic amines) is 1. The van der Waals surface area contributed by atoms with Gasteiger partial charge in [0, 0.05) is 25.2 Å². The molecule has 0 amide bonds. The van der Waals surface area contributed by atoms with Gasteiger partial charge >= 0.3 is 0 Å². The fourth-order valence-electron chi connectivity index (χ4n) is 3.26. The van der Waals surface area contributed by atoms with Crippen molar-refractivity contribution in [1.29, 1.82) is 0 Å². The standard InChI is InChI=1S/C17H28N2O/c1-4-8-20-16-7-5-6-15(10-16)17(11-18)19-12-13(2)9-14(19)3/h5-7,10,13-14,17H,4,8-9,11-12,18H2,1-3H3. The summed E-state index contributed by atoms with van der Waals surface area (Å²) in [5, 5.41) is 0. The summed E-state index contributed by atoms with van der Waals surface area (Å²) in [6.45, 7) is 9.33. The first-order chi connectivity index (χ1) is 9.65. The van der Waals surface area contributed by atoms with Crippen LogP contribution in [0.1, 0.15) is 45.2 Å². The smallest absolute Gasteiger partial charge is 0.119 e. The Morgan fingerprint density at radius 1 is 1.40 bits per heavy atom. The van der Waals surface area contributed by atoms with Crippen LogP contribution in [0.25, 0.3) is 0 Å². The van der Waals surface area contributed by atoms with Gasteiger partial charge in [0.05, 0.1) is 6.61 Å². The molecule has 0 aromatic heterocycles. The van der Waals surface area contributed by atoms with E-state index in [1.807, 2.05) is 6.07 Å².